The number of benzene rings is 2. The SMILES string of the molecule is Cc1ccc(N2Cc3ccccc3S2=O)c(C)c1. The molecule has 0 radical (unpaired) electrons. The fourth-order valence-corrected chi connectivity index (χ4v) is 3.83. The molecular formula is C15H15NOS. The highest BCUT2D eigenvalue weighted by Crippen LogP contribution is 2.33. The predicted molar refractivity (Wildman–Crippen MR) is 74.9 cm³/mol. The Balaban J connectivity index is 2.04. The zero-order valence-electron chi connectivity index (χ0n) is 10.5. The summed E-state index contributed by atoms with van der Waals surface area (Å²) < 4.78 is 14.4. The van der Waals surface area contributed by atoms with Gasteiger partial charge in [0, 0.05) is 0 Å². The van der Waals surface area contributed by atoms with Gasteiger partial charge in [-0.25, -0.2) is 4.21 Å². The van der Waals surface area contributed by atoms with Crippen molar-refractivity contribution in [3.63, 3.8) is 0 Å². The van der Waals surface area contributed by atoms with Crippen molar-refractivity contribution in [1.29, 1.82) is 0 Å². The fraction of sp³-hybridized carbons (Fsp3) is 0.200. The van der Waals surface area contributed by atoms with Crippen molar-refractivity contribution in [2.24, 2.45) is 0 Å². The third kappa shape index (κ3) is 1.75. The van der Waals surface area contributed by atoms with Gasteiger partial charge in [0.05, 0.1) is 17.1 Å². The highest BCUT2D eigenvalue weighted by Gasteiger charge is 2.27. The Morgan fingerprint density at radius 1 is 1.11 bits per heavy atom. The average Bonchev–Trinajstić information content (AvgIpc) is 2.68. The third-order valence-electron chi connectivity index (χ3n) is 3.30. The predicted octanol–water partition coefficient (Wildman–Crippen LogP) is 3.35. The summed E-state index contributed by atoms with van der Waals surface area (Å²) in [6.45, 7) is 4.88. The largest absolute Gasteiger partial charge is 0.283 e. The third-order valence-corrected chi connectivity index (χ3v) is 4.80. The summed E-state index contributed by atoms with van der Waals surface area (Å²) >= 11 is 0. The number of nitrogens with zero attached hydrogens (tertiary/aromatic N) is 1. The number of hydrogen-bond donors (Lipinski definition) is 0. The van der Waals surface area contributed by atoms with Crippen LogP contribution in [0.3, 0.4) is 0 Å². The molecule has 1 unspecified atom stereocenters. The zero-order valence-corrected chi connectivity index (χ0v) is 11.3. The molecule has 18 heavy (non-hydrogen) atoms. The summed E-state index contributed by atoms with van der Waals surface area (Å²) in [6.07, 6.45) is 0. The molecule has 0 spiro atoms. The zero-order chi connectivity index (χ0) is 12.7. The molecule has 2 aromatic carbocycles. The minimum absolute atomic E-state index is 0.729. The summed E-state index contributed by atoms with van der Waals surface area (Å²) in [5.41, 5.74) is 4.64. The smallest absolute Gasteiger partial charge is 0.153 e. The number of anilines is 1. The summed E-state index contributed by atoms with van der Waals surface area (Å²) in [7, 11) is -1.07. The van der Waals surface area contributed by atoms with E-state index in [9.17, 15) is 4.21 Å². The van der Waals surface area contributed by atoms with E-state index < -0.39 is 11.0 Å². The molecule has 0 saturated carbocycles. The van der Waals surface area contributed by atoms with Crippen molar-refractivity contribution in [1.82, 2.24) is 0 Å². The van der Waals surface area contributed by atoms with E-state index in [1.807, 2.05) is 22.5 Å². The molecule has 3 heteroatoms. The van der Waals surface area contributed by atoms with Gasteiger partial charge in [-0.15, -0.1) is 0 Å². The normalized spacial score (nSPS) is 17.9. The lowest BCUT2D eigenvalue weighted by Gasteiger charge is -2.18. The quantitative estimate of drug-likeness (QED) is 0.767. The number of aryl methyl sites for hydroxylation is 2. The first-order chi connectivity index (χ1) is 8.66. The topological polar surface area (TPSA) is 20.3 Å². The molecule has 1 heterocycles. The molecular weight excluding hydrogens is 242 g/mol. The Hall–Kier alpha value is -1.61. The van der Waals surface area contributed by atoms with E-state index >= 15 is 0 Å². The van der Waals surface area contributed by atoms with Gasteiger partial charge in [0.25, 0.3) is 0 Å². The van der Waals surface area contributed by atoms with Crippen LogP contribution in [0.15, 0.2) is 47.4 Å². The summed E-state index contributed by atoms with van der Waals surface area (Å²) in [5.74, 6) is 0. The molecule has 0 aliphatic carbocycles. The molecule has 2 nitrogen and oxygen atoms in total. The molecule has 2 aromatic rings. The summed E-state index contributed by atoms with van der Waals surface area (Å²) in [6, 6.07) is 14.2. The van der Waals surface area contributed by atoms with Gasteiger partial charge < -0.3 is 0 Å². The van der Waals surface area contributed by atoms with Gasteiger partial charge in [0.2, 0.25) is 0 Å². The van der Waals surface area contributed by atoms with Crippen LogP contribution in [0, 0.1) is 13.8 Å². The van der Waals surface area contributed by atoms with Gasteiger partial charge in [0.15, 0.2) is 11.0 Å². The van der Waals surface area contributed by atoms with Gasteiger partial charge in [-0.2, -0.15) is 0 Å². The van der Waals surface area contributed by atoms with Gasteiger partial charge in [-0.3, -0.25) is 4.31 Å². The van der Waals surface area contributed by atoms with Crippen LogP contribution in [0.1, 0.15) is 16.7 Å². The minimum atomic E-state index is -1.07. The van der Waals surface area contributed by atoms with Gasteiger partial charge in [-0.1, -0.05) is 35.9 Å². The Labute approximate surface area is 110 Å². The average molecular weight is 257 g/mol. The van der Waals surface area contributed by atoms with Crippen molar-refractivity contribution in [2.75, 3.05) is 4.31 Å². The van der Waals surface area contributed by atoms with Crippen molar-refractivity contribution in [3.8, 4) is 0 Å². The first kappa shape index (κ1) is 11.5. The first-order valence-electron chi connectivity index (χ1n) is 6.01. The molecule has 0 amide bonds. The minimum Gasteiger partial charge on any atom is -0.283 e. The summed E-state index contributed by atoms with van der Waals surface area (Å²) in [5, 5.41) is 0. The second-order valence-corrected chi connectivity index (χ2v) is 6.06. The van der Waals surface area contributed by atoms with E-state index in [1.165, 1.54) is 11.1 Å². The maximum absolute atomic E-state index is 12.5. The maximum Gasteiger partial charge on any atom is 0.153 e. The summed E-state index contributed by atoms with van der Waals surface area (Å²) in [4.78, 5) is 0.942. The van der Waals surface area contributed by atoms with Crippen LogP contribution >= 0.6 is 0 Å². The van der Waals surface area contributed by atoms with Crippen LogP contribution in [0.2, 0.25) is 0 Å². The second-order valence-electron chi connectivity index (χ2n) is 4.68. The van der Waals surface area contributed by atoms with Crippen molar-refractivity contribution in [3.05, 3.63) is 59.2 Å². The van der Waals surface area contributed by atoms with Crippen LogP contribution in [0.5, 0.6) is 0 Å². The number of hydrogen-bond acceptors (Lipinski definition) is 1. The van der Waals surface area contributed by atoms with Crippen molar-refractivity contribution in [2.45, 2.75) is 25.3 Å². The lowest BCUT2D eigenvalue weighted by Crippen LogP contribution is -2.19. The van der Waals surface area contributed by atoms with Crippen LogP contribution in [-0.4, -0.2) is 4.21 Å². The van der Waals surface area contributed by atoms with E-state index in [2.05, 4.69) is 38.1 Å². The fourth-order valence-electron chi connectivity index (χ4n) is 2.40. The lowest BCUT2D eigenvalue weighted by atomic mass is 10.1. The van der Waals surface area contributed by atoms with E-state index in [-0.39, 0.29) is 0 Å². The molecule has 1 aliphatic rings. The van der Waals surface area contributed by atoms with E-state index in [1.54, 1.807) is 0 Å². The number of rotatable bonds is 1. The van der Waals surface area contributed by atoms with Crippen LogP contribution < -0.4 is 4.31 Å². The molecule has 0 saturated heterocycles. The van der Waals surface area contributed by atoms with E-state index in [0.29, 0.717) is 0 Å². The Bertz CT molecular complexity index is 636. The van der Waals surface area contributed by atoms with Crippen molar-refractivity contribution < 1.29 is 4.21 Å². The van der Waals surface area contributed by atoms with Crippen LogP contribution in [0.4, 0.5) is 5.69 Å². The highest BCUT2D eigenvalue weighted by atomic mass is 32.2. The highest BCUT2D eigenvalue weighted by molar-refractivity contribution is 7.86. The molecule has 1 atom stereocenters. The monoisotopic (exact) mass is 257 g/mol. The Morgan fingerprint density at radius 3 is 2.61 bits per heavy atom. The molecule has 0 aromatic heterocycles. The molecule has 3 rings (SSSR count). The Morgan fingerprint density at radius 2 is 1.89 bits per heavy atom. The van der Waals surface area contributed by atoms with Gasteiger partial charge in [0.1, 0.15) is 0 Å². The van der Waals surface area contributed by atoms with Crippen LogP contribution in [0.25, 0.3) is 0 Å². The van der Waals surface area contributed by atoms with Gasteiger partial charge in [-0.05, 0) is 37.1 Å². The van der Waals surface area contributed by atoms with Crippen molar-refractivity contribution >= 4 is 16.7 Å². The molecule has 1 aliphatic heterocycles. The first-order valence-corrected chi connectivity index (χ1v) is 7.12. The van der Waals surface area contributed by atoms with Crippen LogP contribution in [-0.2, 0) is 17.5 Å². The van der Waals surface area contributed by atoms with E-state index in [0.717, 1.165) is 22.7 Å². The molecule has 0 N–H and O–H groups in total. The maximum atomic E-state index is 12.5. The molecule has 0 fully saturated rings. The van der Waals surface area contributed by atoms with Gasteiger partial charge >= 0.3 is 0 Å². The van der Waals surface area contributed by atoms with E-state index in [4.69, 9.17) is 0 Å². The molecule has 0 bridgehead atoms. The lowest BCUT2D eigenvalue weighted by molar-refractivity contribution is 0.683. The number of fused-ring (bicyclic) bond motifs is 1. The Kier molecular flexibility index (Phi) is 2.71. The molecule has 92 valence electrons. The standard InChI is InChI=1S/C15H15NOS/c1-11-7-8-14(12(2)9-11)16-10-13-5-3-4-6-15(13)18(16)17/h3-9H,10H2,1-2H3. The second kappa shape index (κ2) is 4.25.